The van der Waals surface area contributed by atoms with Crippen LogP contribution in [0.3, 0.4) is 0 Å². The molecule has 0 aliphatic carbocycles. The number of carbonyl (C=O) groups excluding carboxylic acids is 1. The fraction of sp³-hybridized carbons (Fsp3) is 0.600. The highest BCUT2D eigenvalue weighted by Gasteiger charge is 2.22. The van der Waals surface area contributed by atoms with Crippen LogP contribution >= 0.6 is 33.3 Å². The average molecular weight is 289 g/mol. The first-order valence-electron chi connectivity index (χ1n) is 5.37. The van der Waals surface area contributed by atoms with Crippen molar-refractivity contribution in [2.24, 2.45) is 5.73 Å². The minimum absolute atomic E-state index is 0.106. The third kappa shape index (κ3) is 4.95. The molecular weight excluding hydrogens is 274 g/mol. The van der Waals surface area contributed by atoms with Crippen LogP contribution < -0.4 is 5.73 Å². The predicted octanol–water partition coefficient (Wildman–Crippen LogP) is 1.35. The van der Waals surface area contributed by atoms with Crippen molar-refractivity contribution in [3.8, 4) is 0 Å². The van der Waals surface area contributed by atoms with Crippen molar-refractivity contribution in [3.05, 3.63) is 18.2 Å². The molecule has 1 saturated heterocycles. The molecule has 4 nitrogen and oxygen atoms in total. The maximum absolute atomic E-state index is 11.7. The molecule has 2 heterocycles. The Morgan fingerprint density at radius 2 is 2.53 bits per heavy atom. The monoisotopic (exact) mass is 289 g/mol. The zero-order valence-corrected chi connectivity index (χ0v) is 11.7. The highest BCUT2D eigenvalue weighted by Crippen LogP contribution is 2.36. The lowest BCUT2D eigenvalue weighted by molar-refractivity contribution is -0.117. The number of thioether (sulfide) groups is 1. The van der Waals surface area contributed by atoms with Crippen LogP contribution in [0.25, 0.3) is 0 Å². The van der Waals surface area contributed by atoms with E-state index < -0.39 is 6.04 Å². The largest absolute Gasteiger partial charge is 0.351 e. The van der Waals surface area contributed by atoms with Gasteiger partial charge in [-0.25, -0.2) is 4.98 Å². The van der Waals surface area contributed by atoms with E-state index in [0.29, 0.717) is 12.2 Å². The number of nitrogens with one attached hydrogen (secondary N) is 1. The molecule has 2 atom stereocenters. The van der Waals surface area contributed by atoms with Crippen LogP contribution in [-0.2, 0) is 11.2 Å². The lowest BCUT2D eigenvalue weighted by Gasteiger charge is -2.08. The van der Waals surface area contributed by atoms with Gasteiger partial charge in [0.2, 0.25) is 0 Å². The molecule has 0 aromatic carbocycles. The Hall–Kier alpha value is -0.110. The third-order valence-corrected chi connectivity index (χ3v) is 5.89. The summed E-state index contributed by atoms with van der Waals surface area (Å²) in [6.45, 7) is 0. The molecule has 1 fully saturated rings. The standard InChI is InChI=1S/C10H15N3OS3/c11-9(1-7-2-12-6-13-7)10(14)5-17-16-4-8-3-15-8/h2,6,8-9H,1,3-5,11H2,(H,12,13)/t8?,9-/m0/s1. The van der Waals surface area contributed by atoms with E-state index in [9.17, 15) is 4.79 Å². The Balaban J connectivity index is 1.60. The van der Waals surface area contributed by atoms with E-state index in [2.05, 4.69) is 9.97 Å². The van der Waals surface area contributed by atoms with E-state index in [1.165, 1.54) is 5.75 Å². The smallest absolute Gasteiger partial charge is 0.160 e. The van der Waals surface area contributed by atoms with E-state index >= 15 is 0 Å². The number of Topliss-reactive ketones (excluding diaryl/α,β-unsaturated/α-hetero) is 1. The Bertz CT molecular complexity index is 354. The summed E-state index contributed by atoms with van der Waals surface area (Å²) < 4.78 is 0. The van der Waals surface area contributed by atoms with Gasteiger partial charge in [0.25, 0.3) is 0 Å². The molecule has 0 spiro atoms. The van der Waals surface area contributed by atoms with Gasteiger partial charge in [0.1, 0.15) is 0 Å². The average Bonchev–Trinajstić information content (AvgIpc) is 3.01. The summed E-state index contributed by atoms with van der Waals surface area (Å²) in [4.78, 5) is 18.6. The van der Waals surface area contributed by atoms with Crippen molar-refractivity contribution in [2.75, 3.05) is 17.3 Å². The summed E-state index contributed by atoms with van der Waals surface area (Å²) in [5.74, 6) is 3.01. The van der Waals surface area contributed by atoms with Crippen LogP contribution in [0.4, 0.5) is 0 Å². The molecule has 1 aliphatic heterocycles. The number of nitrogens with two attached hydrogens (primary N) is 1. The van der Waals surface area contributed by atoms with Crippen LogP contribution in [0.1, 0.15) is 5.69 Å². The second kappa shape index (κ2) is 6.72. The number of hydrogen-bond donors (Lipinski definition) is 2. The fourth-order valence-corrected chi connectivity index (χ4v) is 4.65. The summed E-state index contributed by atoms with van der Waals surface area (Å²) in [5.41, 5.74) is 6.68. The van der Waals surface area contributed by atoms with Gasteiger partial charge in [-0.05, 0) is 0 Å². The van der Waals surface area contributed by atoms with Gasteiger partial charge in [0.05, 0.1) is 23.8 Å². The van der Waals surface area contributed by atoms with E-state index in [0.717, 1.165) is 16.7 Å². The highest BCUT2D eigenvalue weighted by atomic mass is 33.1. The Labute approximate surface area is 113 Å². The molecule has 0 amide bonds. The molecule has 0 saturated carbocycles. The molecule has 17 heavy (non-hydrogen) atoms. The number of aromatic nitrogens is 2. The van der Waals surface area contributed by atoms with Crippen LogP contribution in [0.2, 0.25) is 0 Å². The van der Waals surface area contributed by atoms with Crippen LogP contribution in [-0.4, -0.2) is 44.3 Å². The molecule has 7 heteroatoms. The van der Waals surface area contributed by atoms with Crippen molar-refractivity contribution in [3.63, 3.8) is 0 Å². The second-order valence-electron chi connectivity index (χ2n) is 3.84. The number of nitrogens with zero attached hydrogens (tertiary/aromatic N) is 1. The van der Waals surface area contributed by atoms with Crippen molar-refractivity contribution < 1.29 is 4.79 Å². The van der Waals surface area contributed by atoms with Crippen molar-refractivity contribution in [2.45, 2.75) is 17.7 Å². The lowest BCUT2D eigenvalue weighted by atomic mass is 10.1. The molecule has 0 bridgehead atoms. The maximum atomic E-state index is 11.7. The second-order valence-corrected chi connectivity index (χ2v) is 7.68. The van der Waals surface area contributed by atoms with Gasteiger partial charge in [-0.15, -0.1) is 0 Å². The minimum Gasteiger partial charge on any atom is -0.351 e. The Kier molecular flexibility index (Phi) is 5.27. The maximum Gasteiger partial charge on any atom is 0.160 e. The summed E-state index contributed by atoms with van der Waals surface area (Å²) in [7, 11) is 3.39. The first kappa shape index (κ1) is 13.3. The van der Waals surface area contributed by atoms with Crippen LogP contribution in [0, 0.1) is 0 Å². The van der Waals surface area contributed by atoms with Gasteiger partial charge < -0.3 is 10.7 Å². The number of aromatic amines is 1. The summed E-state index contributed by atoms with van der Waals surface area (Å²) >= 11 is 1.98. The summed E-state index contributed by atoms with van der Waals surface area (Å²) in [6, 6.07) is -0.429. The number of imidazole rings is 1. The molecule has 1 aromatic rings. The molecule has 1 aromatic heterocycles. The summed E-state index contributed by atoms with van der Waals surface area (Å²) in [6.07, 6.45) is 3.90. The topological polar surface area (TPSA) is 71.8 Å². The number of ketones is 1. The van der Waals surface area contributed by atoms with Gasteiger partial charge in [-0.3, -0.25) is 4.79 Å². The number of H-pyrrole nitrogens is 1. The van der Waals surface area contributed by atoms with Crippen molar-refractivity contribution >= 4 is 39.1 Å². The number of rotatable bonds is 8. The van der Waals surface area contributed by atoms with Gasteiger partial charge in [0, 0.05) is 29.4 Å². The quantitative estimate of drug-likeness (QED) is 0.427. The van der Waals surface area contributed by atoms with Gasteiger partial charge in [0.15, 0.2) is 5.78 Å². The van der Waals surface area contributed by atoms with E-state index in [4.69, 9.17) is 5.73 Å². The molecule has 94 valence electrons. The fourth-order valence-electron chi connectivity index (χ4n) is 1.24. The van der Waals surface area contributed by atoms with Gasteiger partial charge in [-0.2, -0.15) is 11.8 Å². The minimum atomic E-state index is -0.429. The Morgan fingerprint density at radius 3 is 3.18 bits per heavy atom. The number of hydrogen-bond acceptors (Lipinski definition) is 6. The highest BCUT2D eigenvalue weighted by molar-refractivity contribution is 8.77. The SMILES string of the molecule is N[C@@H](Cc1c[nH]cn1)C(=O)CSSCC1CS1. The Morgan fingerprint density at radius 1 is 1.71 bits per heavy atom. The first-order valence-corrected chi connectivity index (χ1v) is 8.91. The van der Waals surface area contributed by atoms with Gasteiger partial charge >= 0.3 is 0 Å². The molecular formula is C10H15N3OS3. The van der Waals surface area contributed by atoms with Crippen molar-refractivity contribution in [1.82, 2.24) is 9.97 Å². The lowest BCUT2D eigenvalue weighted by Crippen LogP contribution is -2.34. The van der Waals surface area contributed by atoms with Crippen LogP contribution in [0.5, 0.6) is 0 Å². The van der Waals surface area contributed by atoms with Gasteiger partial charge in [-0.1, -0.05) is 21.6 Å². The third-order valence-electron chi connectivity index (χ3n) is 2.34. The van der Waals surface area contributed by atoms with Crippen molar-refractivity contribution in [1.29, 1.82) is 0 Å². The molecule has 1 aliphatic rings. The van der Waals surface area contributed by atoms with E-state index in [-0.39, 0.29) is 5.78 Å². The molecule has 3 N–H and O–H groups in total. The van der Waals surface area contributed by atoms with Crippen LogP contribution in [0.15, 0.2) is 12.5 Å². The van der Waals surface area contributed by atoms with E-state index in [1.54, 1.807) is 34.1 Å². The molecule has 1 unspecified atom stereocenters. The summed E-state index contributed by atoms with van der Waals surface area (Å²) in [5, 5.41) is 0.820. The zero-order valence-electron chi connectivity index (χ0n) is 9.30. The molecule has 0 radical (unpaired) electrons. The zero-order chi connectivity index (χ0) is 12.1. The van der Waals surface area contributed by atoms with E-state index in [1.807, 2.05) is 11.8 Å². The number of carbonyl (C=O) groups is 1. The predicted molar refractivity (Wildman–Crippen MR) is 76.4 cm³/mol. The normalized spacial score (nSPS) is 20.2. The first-order chi connectivity index (χ1) is 8.25. The molecule has 2 rings (SSSR count).